The van der Waals surface area contributed by atoms with Crippen LogP contribution >= 0.6 is 144 Å². The number of aliphatic hydroxyl groups excluding tert-OH is 2. The van der Waals surface area contributed by atoms with Gasteiger partial charge in [-0.05, 0) is 79.6 Å². The highest BCUT2D eigenvalue weighted by molar-refractivity contribution is 9.12. The minimum atomic E-state index is -1.67. The lowest BCUT2D eigenvalue weighted by Gasteiger charge is -2.26. The molecule has 41 nitrogen and oxygen atoms in total. The Balaban J connectivity index is 0.000000438. The van der Waals surface area contributed by atoms with Crippen molar-refractivity contribution in [2.75, 3.05) is 133 Å². The lowest BCUT2D eigenvalue weighted by Crippen LogP contribution is -2.35. The van der Waals surface area contributed by atoms with Crippen LogP contribution in [-0.2, 0) is 114 Å². The van der Waals surface area contributed by atoms with Crippen LogP contribution in [-0.4, -0.2) is 239 Å². The minimum Gasteiger partial charge on any atom is -0.390 e. The summed E-state index contributed by atoms with van der Waals surface area (Å²) in [7, 11) is 17.5. The molecule has 0 saturated carbocycles. The maximum atomic E-state index is 12.2. The summed E-state index contributed by atoms with van der Waals surface area (Å²) in [5.74, 6) is 0.889. The summed E-state index contributed by atoms with van der Waals surface area (Å²) in [6, 6.07) is 12.8. The first-order valence-corrected chi connectivity index (χ1v) is 43.0. The number of hydrogen-bond acceptors (Lipinski definition) is 29. The normalized spacial score (nSPS) is 12.5. The van der Waals surface area contributed by atoms with E-state index in [0.717, 1.165) is 110 Å². The van der Waals surface area contributed by atoms with Gasteiger partial charge in [0.15, 0.2) is 5.82 Å². The van der Waals surface area contributed by atoms with E-state index in [-0.39, 0.29) is 59.2 Å². The molecule has 0 atom stereocenters. The van der Waals surface area contributed by atoms with Gasteiger partial charge in [-0.3, -0.25) is 33.7 Å². The number of halogens is 10. The van der Waals surface area contributed by atoms with Crippen molar-refractivity contribution < 1.29 is 53.1 Å². The molecule has 0 radical (unpaired) electrons. The molecule has 0 bridgehead atoms. The molecular formula is C60H88Br7Cl3N24O17S. The van der Waals surface area contributed by atoms with Crippen molar-refractivity contribution in [3.8, 4) is 0 Å². The molecule has 0 amide bonds. The van der Waals surface area contributed by atoms with E-state index in [2.05, 4.69) is 193 Å². The number of pyridine rings is 2. The van der Waals surface area contributed by atoms with Gasteiger partial charge in [-0.25, -0.2) is 4.21 Å². The lowest BCUT2D eigenvalue weighted by molar-refractivity contribution is -0.390. The van der Waals surface area contributed by atoms with E-state index in [1.165, 1.54) is 42.4 Å². The Bertz CT molecular complexity index is 4170. The van der Waals surface area contributed by atoms with Crippen LogP contribution in [0.1, 0.15) is 34.2 Å². The fourth-order valence-corrected chi connectivity index (χ4v) is 12.2. The number of fused-ring (bicyclic) bond motifs is 3. The van der Waals surface area contributed by atoms with E-state index in [4.69, 9.17) is 51.7 Å². The number of ether oxygens (including phenoxy) is 4. The SMILES string of the molecule is BrCCBr.COCCN.COCCN1CCn2nc(N)cc2C1.COCCN1CCn2nc(Nc3cc(Br)cn(C)c3=O)cc2C1.COCCN1CCn2nc([N+](=O)[O-])cc2C1.Cn1cc(Br)cc(Br)c1=O.O=S(Cl)Cl.O=[N+]([O-])c1cc(CCl)n(CCBr)n1.O=[N+]([O-])c1cc(CO)n(CCBr)n1.O=[N+]([O-])c1cc(CO)n[nH]1. The average Bonchev–Trinajstić information content (AvgIpc) is 1.60. The van der Waals surface area contributed by atoms with Crippen molar-refractivity contribution >= 4 is 194 Å². The number of nitrogen functional groups attached to an aromatic ring is 1. The number of alkyl halides is 5. The fourth-order valence-electron chi connectivity index (χ4n) is 9.37. The van der Waals surface area contributed by atoms with Crippen LogP contribution in [0.25, 0.3) is 0 Å². The summed E-state index contributed by atoms with van der Waals surface area (Å²) in [5.41, 5.74) is 15.7. The molecule has 0 unspecified atom stereocenters. The van der Waals surface area contributed by atoms with Gasteiger partial charge < -0.3 is 95.5 Å². The Morgan fingerprint density at radius 2 is 0.991 bits per heavy atom. The number of aromatic nitrogens is 14. The van der Waals surface area contributed by atoms with Gasteiger partial charge in [0.25, 0.3) is 11.1 Å². The van der Waals surface area contributed by atoms with Gasteiger partial charge >= 0.3 is 23.3 Å². The molecule has 52 heteroatoms. The maximum Gasteiger partial charge on any atom is 0.390 e. The van der Waals surface area contributed by atoms with E-state index in [0.29, 0.717) is 89.8 Å². The Hall–Kier alpha value is -5.66. The standard InChI is InChI=1S/C15H20BrN5O2.C9H14N4O3.C9H16N4O.C6H5Br2NO.C6H7BrClN3O2.C6H8BrN3O3.C4H5N3O3.C3H9NO.C2H4Br2.Cl2OS/c1-19-9-11(16)7-13(15(19)22)17-14-8-12-10-20(5-6-23-2)3-4-21(12)18-14;1-16-5-4-11-2-3-12-8(7-11)6-9(10-12)13(14)15;1-14-5-4-12-2-3-13-8(7-12)6-9(10)11-13;1-9-3-4(7)2-5(8)6(9)10;7-1-2-10-5(4-8)3-6(9-10)11(12)13;7-1-2-9-5(4-11)3-6(8-9)10(12)13;8-2-3-1-4(6-5-3)7(9)10;1-5-3-2-4;3-1-2-4;1-4(2)3/h7-9H,3-6,10H2,1-2H3,(H,17,18);6H,2-5,7H2,1H3;6H,2-5,7H2,1H3,(H2,10,11);2-3H,1H3;3H,1-2,4H2;3,11H,1-2,4H2;1,8H,2H2,(H,5,6);2-4H2,1H3;1-2H2;. The van der Waals surface area contributed by atoms with Crippen LogP contribution in [0.2, 0.25) is 0 Å². The number of methoxy groups -OCH3 is 4. The zero-order valence-electron chi connectivity index (χ0n) is 61.5. The highest BCUT2D eigenvalue weighted by atomic mass is 79.9. The van der Waals surface area contributed by atoms with E-state index in [1.807, 2.05) is 21.5 Å². The maximum absolute atomic E-state index is 12.2. The monoisotopic (exact) mass is 2110 g/mol. The predicted molar refractivity (Wildman–Crippen MR) is 449 cm³/mol. The van der Waals surface area contributed by atoms with Crippen molar-refractivity contribution in [1.82, 2.24) is 82.9 Å². The largest absolute Gasteiger partial charge is 0.390 e. The minimum absolute atomic E-state index is 0.0248. The Morgan fingerprint density at radius 3 is 1.38 bits per heavy atom. The molecule has 0 fully saturated rings. The molecule has 112 heavy (non-hydrogen) atoms. The Labute approximate surface area is 718 Å². The molecule has 0 spiro atoms. The first-order chi connectivity index (χ1) is 53.3. The number of H-pyrrole nitrogens is 1. The van der Waals surface area contributed by atoms with Gasteiger partial charge in [-0.1, -0.05) is 68.8 Å². The van der Waals surface area contributed by atoms with E-state index in [1.54, 1.807) is 77.8 Å². The molecule has 11 rings (SSSR count). The number of aromatic amines is 1. The highest BCUT2D eigenvalue weighted by Crippen LogP contribution is 2.23. The number of nitro groups is 4. The molecule has 626 valence electrons. The Morgan fingerprint density at radius 1 is 0.562 bits per heavy atom. The number of aryl methyl sites for hydroxylation is 4. The number of aliphatic hydroxyl groups is 2. The van der Waals surface area contributed by atoms with Crippen LogP contribution in [0.3, 0.4) is 0 Å². The van der Waals surface area contributed by atoms with Crippen molar-refractivity contribution in [3.05, 3.63) is 170 Å². The number of nitrogens with one attached hydrogen (secondary N) is 2. The number of anilines is 3. The molecule has 0 saturated heterocycles. The quantitative estimate of drug-likeness (QED) is 0.0135. The van der Waals surface area contributed by atoms with Crippen molar-refractivity contribution in [2.45, 2.75) is 71.5 Å². The van der Waals surface area contributed by atoms with E-state index >= 15 is 0 Å². The average molecular weight is 2120 g/mol. The van der Waals surface area contributed by atoms with Gasteiger partial charge in [0.2, 0.25) is 9.23 Å². The molecule has 8 aromatic heterocycles. The predicted octanol–water partition coefficient (Wildman–Crippen LogP) is 8.46. The van der Waals surface area contributed by atoms with Gasteiger partial charge in [-0.15, -0.1) is 16.7 Å². The molecule has 8 N–H and O–H groups in total. The van der Waals surface area contributed by atoms with Crippen LogP contribution in [0.4, 0.5) is 40.6 Å². The molecule has 3 aliphatic heterocycles. The highest BCUT2D eigenvalue weighted by Gasteiger charge is 2.25. The zero-order valence-corrected chi connectivity index (χ0v) is 75.6. The van der Waals surface area contributed by atoms with Crippen molar-refractivity contribution in [1.29, 1.82) is 0 Å². The second-order valence-corrected chi connectivity index (χ2v) is 31.1. The number of rotatable bonds is 25. The Kier molecular flexibility index (Phi) is 52.5. The number of nitrogens with two attached hydrogens (primary N) is 2. The third kappa shape index (κ3) is 38.9. The molecule has 8 aromatic rings. The van der Waals surface area contributed by atoms with Crippen LogP contribution < -0.4 is 27.9 Å². The molecule has 3 aliphatic rings. The summed E-state index contributed by atoms with van der Waals surface area (Å²) in [6.07, 6.45) is 3.45. The van der Waals surface area contributed by atoms with Crippen LogP contribution in [0.5, 0.6) is 0 Å². The molecule has 11 heterocycles. The zero-order chi connectivity index (χ0) is 84.0. The van der Waals surface area contributed by atoms with Gasteiger partial charge in [-0.2, -0.15) is 24.2 Å². The summed E-state index contributed by atoms with van der Waals surface area (Å²) in [4.78, 5) is 69.1. The third-order valence-electron chi connectivity index (χ3n) is 14.5. The summed E-state index contributed by atoms with van der Waals surface area (Å²) in [5, 5.41) is 90.8. The lowest BCUT2D eigenvalue weighted by atomic mass is 10.3. The van der Waals surface area contributed by atoms with E-state index in [9.17, 15) is 50.0 Å². The van der Waals surface area contributed by atoms with E-state index < -0.39 is 28.9 Å². The first-order valence-electron chi connectivity index (χ1n) is 32.8. The summed E-state index contributed by atoms with van der Waals surface area (Å²) in [6.45, 7) is 14.5. The van der Waals surface area contributed by atoms with Gasteiger partial charge in [0, 0.05) is 184 Å². The fraction of sp³-hybridized carbons (Fsp3) is 0.533. The van der Waals surface area contributed by atoms with Gasteiger partial charge in [0.1, 0.15) is 17.2 Å². The third-order valence-corrected chi connectivity index (χ3v) is 18.8. The molecule has 0 aliphatic carbocycles. The number of nitrogens with zero attached hydrogens (tertiary/aromatic N) is 20. The smallest absolute Gasteiger partial charge is 0.390 e. The molecular weight excluding hydrogens is 2030 g/mol. The second kappa shape index (κ2) is 57.4. The first kappa shape index (κ1) is 102. The van der Waals surface area contributed by atoms with Gasteiger partial charge in [0.05, 0.1) is 151 Å². The number of hydrogen-bond donors (Lipinski definition) is 6. The van der Waals surface area contributed by atoms with Crippen molar-refractivity contribution in [2.24, 2.45) is 19.8 Å². The van der Waals surface area contributed by atoms with Crippen molar-refractivity contribution in [3.63, 3.8) is 0 Å². The van der Waals surface area contributed by atoms with Crippen LogP contribution in [0, 0.1) is 40.5 Å². The second-order valence-electron chi connectivity index (χ2n) is 22.5. The molecule has 0 aromatic carbocycles. The topological polar surface area (TPSA) is 503 Å². The summed E-state index contributed by atoms with van der Waals surface area (Å²) >= 11 is 28.2. The van der Waals surface area contributed by atoms with Crippen LogP contribution in [0.15, 0.2) is 83.9 Å². The summed E-state index contributed by atoms with van der Waals surface area (Å²) < 4.78 is 42.8.